The fourth-order valence-corrected chi connectivity index (χ4v) is 1.43. The van der Waals surface area contributed by atoms with Gasteiger partial charge in [0.15, 0.2) is 0 Å². The van der Waals surface area contributed by atoms with Gasteiger partial charge in [-0.25, -0.2) is 5.84 Å². The van der Waals surface area contributed by atoms with E-state index >= 15 is 0 Å². The van der Waals surface area contributed by atoms with E-state index in [2.05, 4.69) is 0 Å². The van der Waals surface area contributed by atoms with E-state index in [4.69, 9.17) is 18.1 Å². The fraction of sp³-hybridized carbons (Fsp3) is 0.364. The summed E-state index contributed by atoms with van der Waals surface area (Å²) >= 11 is 5.29. The lowest BCUT2D eigenvalue weighted by atomic mass is 10.1. The van der Waals surface area contributed by atoms with E-state index in [1.54, 1.807) is 5.01 Å². The second-order valence-electron chi connectivity index (χ2n) is 4.21. The van der Waals surface area contributed by atoms with Crippen LogP contribution in [0, 0.1) is 0 Å². The summed E-state index contributed by atoms with van der Waals surface area (Å²) in [6.07, 6.45) is 0. The van der Waals surface area contributed by atoms with Crippen LogP contribution in [-0.4, -0.2) is 15.5 Å². The Labute approximate surface area is 90.7 Å². The topological polar surface area (TPSA) is 29.3 Å². The molecule has 0 unspecified atom stereocenters. The maximum absolute atomic E-state index is 5.92. The highest BCUT2D eigenvalue weighted by molar-refractivity contribution is 7.80. The first kappa shape index (κ1) is 11.1. The SMILES string of the molecule is CC(C)(C)N(N)C(=S)c1ccccc1. The zero-order valence-electron chi connectivity index (χ0n) is 8.82. The third-order valence-electron chi connectivity index (χ3n) is 1.96. The summed E-state index contributed by atoms with van der Waals surface area (Å²) in [4.78, 5) is 0.679. The number of nitrogens with zero attached hydrogens (tertiary/aromatic N) is 1. The third kappa shape index (κ3) is 2.53. The molecule has 0 aliphatic heterocycles. The number of hydrazine groups is 1. The highest BCUT2D eigenvalue weighted by Gasteiger charge is 2.21. The van der Waals surface area contributed by atoms with Crippen molar-refractivity contribution in [1.82, 2.24) is 5.01 Å². The molecule has 1 aromatic rings. The molecule has 0 amide bonds. The van der Waals surface area contributed by atoms with Crippen molar-refractivity contribution in [2.24, 2.45) is 5.84 Å². The van der Waals surface area contributed by atoms with E-state index in [0.29, 0.717) is 4.99 Å². The van der Waals surface area contributed by atoms with Gasteiger partial charge in [-0.15, -0.1) is 0 Å². The molecule has 0 bridgehead atoms. The molecule has 76 valence electrons. The summed E-state index contributed by atoms with van der Waals surface area (Å²) in [6.45, 7) is 6.09. The van der Waals surface area contributed by atoms with Gasteiger partial charge in [-0.2, -0.15) is 0 Å². The van der Waals surface area contributed by atoms with Gasteiger partial charge in [0, 0.05) is 11.1 Å². The van der Waals surface area contributed by atoms with Crippen LogP contribution in [0.25, 0.3) is 0 Å². The zero-order valence-corrected chi connectivity index (χ0v) is 9.64. The molecule has 2 N–H and O–H groups in total. The number of hydrogen-bond donors (Lipinski definition) is 1. The number of nitrogens with two attached hydrogens (primary N) is 1. The minimum absolute atomic E-state index is 0.146. The molecule has 0 heterocycles. The van der Waals surface area contributed by atoms with Crippen molar-refractivity contribution in [2.75, 3.05) is 0 Å². The monoisotopic (exact) mass is 208 g/mol. The average molecular weight is 208 g/mol. The minimum atomic E-state index is -0.146. The predicted octanol–water partition coefficient (Wildman–Crippen LogP) is 2.34. The van der Waals surface area contributed by atoms with Crippen molar-refractivity contribution in [2.45, 2.75) is 26.3 Å². The van der Waals surface area contributed by atoms with Crippen LogP contribution in [-0.2, 0) is 0 Å². The highest BCUT2D eigenvalue weighted by Crippen LogP contribution is 2.13. The van der Waals surface area contributed by atoms with Gasteiger partial charge in [0.05, 0.1) is 0 Å². The van der Waals surface area contributed by atoms with Gasteiger partial charge in [-0.05, 0) is 20.8 Å². The Kier molecular flexibility index (Phi) is 3.24. The van der Waals surface area contributed by atoms with Crippen LogP contribution >= 0.6 is 12.2 Å². The summed E-state index contributed by atoms with van der Waals surface area (Å²) in [5.41, 5.74) is 0.840. The first-order valence-corrected chi connectivity index (χ1v) is 4.98. The molecule has 0 aliphatic rings. The van der Waals surface area contributed by atoms with Crippen LogP contribution in [0.5, 0.6) is 0 Å². The van der Waals surface area contributed by atoms with Crippen LogP contribution in [0.15, 0.2) is 30.3 Å². The van der Waals surface area contributed by atoms with E-state index in [-0.39, 0.29) is 5.54 Å². The number of hydrogen-bond acceptors (Lipinski definition) is 2. The Hall–Kier alpha value is -0.930. The second kappa shape index (κ2) is 4.07. The summed E-state index contributed by atoms with van der Waals surface area (Å²) < 4.78 is 0. The third-order valence-corrected chi connectivity index (χ3v) is 2.39. The molecule has 0 aromatic heterocycles. The normalized spacial score (nSPS) is 11.1. The van der Waals surface area contributed by atoms with Crippen molar-refractivity contribution >= 4 is 17.2 Å². The highest BCUT2D eigenvalue weighted by atomic mass is 32.1. The average Bonchev–Trinajstić information content (AvgIpc) is 2.15. The van der Waals surface area contributed by atoms with E-state index in [9.17, 15) is 0 Å². The molecular weight excluding hydrogens is 192 g/mol. The van der Waals surface area contributed by atoms with Gasteiger partial charge in [-0.1, -0.05) is 42.5 Å². The lowest BCUT2D eigenvalue weighted by molar-refractivity contribution is 0.248. The first-order chi connectivity index (χ1) is 6.43. The van der Waals surface area contributed by atoms with Crippen LogP contribution in [0.2, 0.25) is 0 Å². The molecule has 0 spiro atoms. The van der Waals surface area contributed by atoms with E-state index in [1.807, 2.05) is 51.1 Å². The van der Waals surface area contributed by atoms with E-state index in [0.717, 1.165) is 5.56 Å². The molecule has 0 saturated carbocycles. The number of rotatable bonds is 1. The summed E-state index contributed by atoms with van der Waals surface area (Å²) in [6, 6.07) is 9.81. The Morgan fingerprint density at radius 1 is 1.21 bits per heavy atom. The maximum Gasteiger partial charge on any atom is 0.123 e. The Morgan fingerprint density at radius 3 is 2.14 bits per heavy atom. The molecule has 2 nitrogen and oxygen atoms in total. The summed E-state index contributed by atoms with van der Waals surface area (Å²) in [7, 11) is 0. The zero-order chi connectivity index (χ0) is 10.8. The molecule has 14 heavy (non-hydrogen) atoms. The Morgan fingerprint density at radius 2 is 1.71 bits per heavy atom. The van der Waals surface area contributed by atoms with Crippen molar-refractivity contribution in [3.05, 3.63) is 35.9 Å². The molecule has 0 fully saturated rings. The first-order valence-electron chi connectivity index (χ1n) is 4.57. The maximum atomic E-state index is 5.92. The second-order valence-corrected chi connectivity index (χ2v) is 4.60. The predicted molar refractivity (Wildman–Crippen MR) is 63.9 cm³/mol. The van der Waals surface area contributed by atoms with Crippen molar-refractivity contribution < 1.29 is 0 Å². The van der Waals surface area contributed by atoms with Gasteiger partial charge in [-0.3, -0.25) is 5.01 Å². The molecule has 3 heteroatoms. The van der Waals surface area contributed by atoms with Crippen molar-refractivity contribution in [1.29, 1.82) is 0 Å². The minimum Gasteiger partial charge on any atom is -0.295 e. The van der Waals surface area contributed by atoms with Gasteiger partial charge < -0.3 is 0 Å². The van der Waals surface area contributed by atoms with Crippen LogP contribution in [0.1, 0.15) is 26.3 Å². The lowest BCUT2D eigenvalue weighted by Crippen LogP contribution is -2.50. The summed E-state index contributed by atoms with van der Waals surface area (Å²) in [5, 5.41) is 1.62. The van der Waals surface area contributed by atoms with Crippen molar-refractivity contribution in [3.63, 3.8) is 0 Å². The van der Waals surface area contributed by atoms with E-state index < -0.39 is 0 Å². The number of benzene rings is 1. The van der Waals surface area contributed by atoms with Gasteiger partial charge in [0.1, 0.15) is 4.99 Å². The molecule has 0 atom stereocenters. The standard InChI is InChI=1S/C11H16N2S/c1-11(2,3)13(12)10(14)9-7-5-4-6-8-9/h4-8H,12H2,1-3H3. The van der Waals surface area contributed by atoms with Crippen LogP contribution in [0.3, 0.4) is 0 Å². The van der Waals surface area contributed by atoms with E-state index in [1.165, 1.54) is 0 Å². The lowest BCUT2D eigenvalue weighted by Gasteiger charge is -2.33. The van der Waals surface area contributed by atoms with Gasteiger partial charge in [0.25, 0.3) is 0 Å². The van der Waals surface area contributed by atoms with Crippen molar-refractivity contribution in [3.8, 4) is 0 Å². The Bertz CT molecular complexity index is 314. The molecular formula is C11H16N2S. The van der Waals surface area contributed by atoms with Crippen LogP contribution in [0.4, 0.5) is 0 Å². The number of thiocarbonyl (C=S) groups is 1. The molecule has 1 aromatic carbocycles. The molecule has 0 aliphatic carbocycles. The fourth-order valence-electron chi connectivity index (χ4n) is 1.02. The largest absolute Gasteiger partial charge is 0.295 e. The van der Waals surface area contributed by atoms with Crippen LogP contribution < -0.4 is 5.84 Å². The van der Waals surface area contributed by atoms with Gasteiger partial charge in [0.2, 0.25) is 0 Å². The summed E-state index contributed by atoms with van der Waals surface area (Å²) in [5.74, 6) is 5.92. The molecule has 1 rings (SSSR count). The molecule has 0 radical (unpaired) electrons. The quantitative estimate of drug-likeness (QED) is 0.436. The Balaban J connectivity index is 2.87. The molecule has 0 saturated heterocycles. The van der Waals surface area contributed by atoms with Gasteiger partial charge >= 0.3 is 0 Å². The smallest absolute Gasteiger partial charge is 0.123 e.